The maximum atomic E-state index is 12.5. The Kier molecular flexibility index (Phi) is 6.48. The molecule has 2 rings (SSSR count). The lowest BCUT2D eigenvalue weighted by atomic mass is 10.1. The topological polar surface area (TPSA) is 41.1 Å². The third-order valence-corrected chi connectivity index (χ3v) is 3.36. The van der Waals surface area contributed by atoms with Crippen molar-refractivity contribution in [3.63, 3.8) is 0 Å². The monoisotopic (exact) mass is 322 g/mol. The van der Waals surface area contributed by atoms with Crippen molar-refractivity contribution in [2.24, 2.45) is 0 Å². The van der Waals surface area contributed by atoms with Gasteiger partial charge in [-0.25, -0.2) is 0 Å². The molecule has 0 bridgehead atoms. The van der Waals surface area contributed by atoms with Gasteiger partial charge in [-0.15, -0.1) is 12.4 Å². The maximum absolute atomic E-state index is 12.5. The zero-order valence-electron chi connectivity index (χ0n) is 11.4. The summed E-state index contributed by atoms with van der Waals surface area (Å²) in [5.41, 5.74) is -0.572. The van der Waals surface area contributed by atoms with Gasteiger partial charge in [-0.2, -0.15) is 13.2 Å². The highest BCUT2D eigenvalue weighted by Gasteiger charge is 2.30. The Bertz CT molecular complexity index is 474. The number of carbonyl (C=O) groups excluding carboxylic acids is 1. The molecule has 1 amide bonds. The number of hydrogen-bond acceptors (Lipinski definition) is 2. The summed E-state index contributed by atoms with van der Waals surface area (Å²) in [6.07, 6.45) is -1.20. The van der Waals surface area contributed by atoms with Crippen LogP contribution >= 0.6 is 12.4 Å². The van der Waals surface area contributed by atoms with E-state index in [4.69, 9.17) is 0 Å². The van der Waals surface area contributed by atoms with Crippen molar-refractivity contribution in [1.29, 1.82) is 0 Å². The second kappa shape index (κ2) is 7.66. The van der Waals surface area contributed by atoms with Gasteiger partial charge < -0.3 is 10.6 Å². The fraction of sp³-hybridized carbons (Fsp3) is 0.500. The van der Waals surface area contributed by atoms with Crippen LogP contribution in [0.1, 0.15) is 31.2 Å². The van der Waals surface area contributed by atoms with Crippen molar-refractivity contribution in [2.75, 3.05) is 11.9 Å². The predicted molar refractivity (Wildman–Crippen MR) is 77.6 cm³/mol. The van der Waals surface area contributed by atoms with Gasteiger partial charge in [-0.3, -0.25) is 4.79 Å². The molecule has 7 heteroatoms. The first-order valence-corrected chi connectivity index (χ1v) is 6.65. The minimum Gasteiger partial charge on any atom is -0.326 e. The number of carbonyl (C=O) groups is 1. The Balaban J connectivity index is 0.00000220. The Morgan fingerprint density at radius 1 is 1.38 bits per heavy atom. The van der Waals surface area contributed by atoms with E-state index in [1.54, 1.807) is 0 Å². The van der Waals surface area contributed by atoms with E-state index >= 15 is 0 Å². The molecule has 0 saturated carbocycles. The van der Waals surface area contributed by atoms with Crippen molar-refractivity contribution >= 4 is 24.0 Å². The van der Waals surface area contributed by atoms with Crippen molar-refractivity contribution in [2.45, 2.75) is 37.9 Å². The highest BCUT2D eigenvalue weighted by atomic mass is 35.5. The van der Waals surface area contributed by atoms with Gasteiger partial charge in [0.05, 0.1) is 5.56 Å². The molecule has 2 N–H and O–H groups in total. The van der Waals surface area contributed by atoms with Crippen LogP contribution in [0.4, 0.5) is 18.9 Å². The fourth-order valence-corrected chi connectivity index (χ4v) is 2.31. The summed E-state index contributed by atoms with van der Waals surface area (Å²) in [6, 6.07) is 5.03. The molecule has 3 nitrogen and oxygen atoms in total. The summed E-state index contributed by atoms with van der Waals surface area (Å²) in [4.78, 5) is 11.7. The van der Waals surface area contributed by atoms with Gasteiger partial charge in [0.1, 0.15) is 0 Å². The Morgan fingerprint density at radius 2 is 2.14 bits per heavy atom. The van der Waals surface area contributed by atoms with Gasteiger partial charge in [-0.05, 0) is 44.0 Å². The SMILES string of the molecule is Cl.O=C(CCC1CCCN1)Nc1cccc(C(F)(F)F)c1. The molecule has 0 aromatic heterocycles. The van der Waals surface area contributed by atoms with Crippen LogP contribution in [0, 0.1) is 0 Å². The van der Waals surface area contributed by atoms with E-state index in [-0.39, 0.29) is 24.0 Å². The number of alkyl halides is 3. The number of benzene rings is 1. The quantitative estimate of drug-likeness (QED) is 0.889. The molecule has 1 atom stereocenters. The molecule has 0 aliphatic carbocycles. The van der Waals surface area contributed by atoms with E-state index in [2.05, 4.69) is 10.6 Å². The molecule has 1 aliphatic heterocycles. The predicted octanol–water partition coefficient (Wildman–Crippen LogP) is 3.60. The van der Waals surface area contributed by atoms with E-state index < -0.39 is 11.7 Å². The number of rotatable bonds is 4. The molecule has 1 unspecified atom stereocenters. The first-order chi connectivity index (χ1) is 9.45. The number of nitrogens with one attached hydrogen (secondary N) is 2. The van der Waals surface area contributed by atoms with Gasteiger partial charge in [-0.1, -0.05) is 6.07 Å². The summed E-state index contributed by atoms with van der Waals surface area (Å²) in [5, 5.41) is 5.79. The molecule has 0 radical (unpaired) electrons. The Morgan fingerprint density at radius 3 is 2.76 bits per heavy atom. The van der Waals surface area contributed by atoms with Crippen LogP contribution < -0.4 is 10.6 Å². The maximum Gasteiger partial charge on any atom is 0.416 e. The average molecular weight is 323 g/mol. The standard InChI is InChI=1S/C14H17F3N2O.ClH/c15-14(16,17)10-3-1-4-12(9-10)19-13(20)7-6-11-5-2-8-18-11;/h1,3-4,9,11,18H,2,5-8H2,(H,19,20);1H. The number of hydrogen-bond donors (Lipinski definition) is 2. The van der Waals surface area contributed by atoms with Crippen LogP contribution in [-0.4, -0.2) is 18.5 Å². The first-order valence-electron chi connectivity index (χ1n) is 6.65. The molecule has 1 fully saturated rings. The molecule has 21 heavy (non-hydrogen) atoms. The van der Waals surface area contributed by atoms with Crippen molar-refractivity contribution < 1.29 is 18.0 Å². The lowest BCUT2D eigenvalue weighted by Gasteiger charge is -2.11. The number of amides is 1. The van der Waals surface area contributed by atoms with Gasteiger partial charge in [0, 0.05) is 18.2 Å². The number of anilines is 1. The van der Waals surface area contributed by atoms with Gasteiger partial charge >= 0.3 is 6.18 Å². The van der Waals surface area contributed by atoms with E-state index in [0.29, 0.717) is 18.9 Å². The second-order valence-electron chi connectivity index (χ2n) is 4.96. The minimum atomic E-state index is -4.39. The van der Waals surface area contributed by atoms with Crippen molar-refractivity contribution in [3.05, 3.63) is 29.8 Å². The molecule has 0 spiro atoms. The van der Waals surface area contributed by atoms with E-state index in [1.807, 2.05) is 0 Å². The highest BCUT2D eigenvalue weighted by molar-refractivity contribution is 5.90. The normalized spacial score (nSPS) is 18.1. The lowest BCUT2D eigenvalue weighted by Crippen LogP contribution is -2.23. The third kappa shape index (κ3) is 5.55. The Hall–Kier alpha value is -1.27. The zero-order valence-corrected chi connectivity index (χ0v) is 12.2. The van der Waals surface area contributed by atoms with Crippen LogP contribution in [0.2, 0.25) is 0 Å². The van der Waals surface area contributed by atoms with Crippen molar-refractivity contribution in [1.82, 2.24) is 5.32 Å². The molecule has 1 aromatic carbocycles. The van der Waals surface area contributed by atoms with E-state index in [1.165, 1.54) is 12.1 Å². The first kappa shape index (κ1) is 17.8. The van der Waals surface area contributed by atoms with E-state index in [0.717, 1.165) is 31.5 Å². The minimum absolute atomic E-state index is 0. The highest BCUT2D eigenvalue weighted by Crippen LogP contribution is 2.30. The lowest BCUT2D eigenvalue weighted by molar-refractivity contribution is -0.137. The summed E-state index contributed by atoms with van der Waals surface area (Å²) in [5.74, 6) is -0.252. The molecule has 1 aliphatic rings. The second-order valence-corrected chi connectivity index (χ2v) is 4.96. The summed E-state index contributed by atoms with van der Waals surface area (Å²) < 4.78 is 37.6. The Labute approximate surface area is 127 Å². The summed E-state index contributed by atoms with van der Waals surface area (Å²) in [6.45, 7) is 0.972. The smallest absolute Gasteiger partial charge is 0.326 e. The number of halogens is 4. The zero-order chi connectivity index (χ0) is 14.6. The van der Waals surface area contributed by atoms with Gasteiger partial charge in [0.15, 0.2) is 0 Å². The van der Waals surface area contributed by atoms with Gasteiger partial charge in [0.25, 0.3) is 0 Å². The van der Waals surface area contributed by atoms with Crippen LogP contribution in [0.25, 0.3) is 0 Å². The molecular weight excluding hydrogens is 305 g/mol. The van der Waals surface area contributed by atoms with Crippen LogP contribution in [-0.2, 0) is 11.0 Å². The molecule has 1 saturated heterocycles. The van der Waals surface area contributed by atoms with Crippen molar-refractivity contribution in [3.8, 4) is 0 Å². The van der Waals surface area contributed by atoms with E-state index in [9.17, 15) is 18.0 Å². The van der Waals surface area contributed by atoms with Crippen LogP contribution in [0.15, 0.2) is 24.3 Å². The fourth-order valence-electron chi connectivity index (χ4n) is 2.31. The molecular formula is C14H18ClF3N2O. The molecule has 1 aromatic rings. The summed E-state index contributed by atoms with van der Waals surface area (Å²) in [7, 11) is 0. The third-order valence-electron chi connectivity index (χ3n) is 3.36. The van der Waals surface area contributed by atoms with Gasteiger partial charge in [0.2, 0.25) is 5.91 Å². The average Bonchev–Trinajstić information content (AvgIpc) is 2.89. The molecule has 1 heterocycles. The van der Waals surface area contributed by atoms with Crippen LogP contribution in [0.3, 0.4) is 0 Å². The largest absolute Gasteiger partial charge is 0.416 e. The summed E-state index contributed by atoms with van der Waals surface area (Å²) >= 11 is 0. The van der Waals surface area contributed by atoms with Crippen LogP contribution in [0.5, 0.6) is 0 Å². The molecule has 118 valence electrons.